The van der Waals surface area contributed by atoms with E-state index in [0.717, 1.165) is 0 Å². The fourth-order valence-corrected chi connectivity index (χ4v) is 0.279. The van der Waals surface area contributed by atoms with E-state index in [4.69, 9.17) is 22.4 Å². The molecule has 0 rings (SSSR count). The van der Waals surface area contributed by atoms with Gasteiger partial charge in [-0.25, -0.2) is 0 Å². The number of carboxylic acid groups (broad SMARTS) is 1. The molecule has 0 aromatic carbocycles. The van der Waals surface area contributed by atoms with Gasteiger partial charge in [-0.1, -0.05) is 6.92 Å². The summed E-state index contributed by atoms with van der Waals surface area (Å²) in [5.41, 5.74) is 13.3. The van der Waals surface area contributed by atoms with Crippen molar-refractivity contribution in [3.8, 4) is 0 Å². The molecule has 108 valence electrons. The highest BCUT2D eigenvalue weighted by molar-refractivity contribution is 6.18. The van der Waals surface area contributed by atoms with Crippen molar-refractivity contribution in [2.45, 2.75) is 39.2 Å². The molecule has 0 spiro atoms. The minimum absolute atomic E-state index is 0.245. The summed E-state index contributed by atoms with van der Waals surface area (Å²) in [6.07, 6.45) is 0.724. The van der Waals surface area contributed by atoms with E-state index >= 15 is 0 Å². The number of alkyl halides is 1. The number of carbonyl (C=O) groups is 3. The first-order chi connectivity index (χ1) is 7.98. The van der Waals surface area contributed by atoms with Gasteiger partial charge in [-0.3, -0.25) is 14.4 Å². The van der Waals surface area contributed by atoms with Gasteiger partial charge in [-0.05, 0) is 13.8 Å². The van der Waals surface area contributed by atoms with Gasteiger partial charge < -0.3 is 22.3 Å². The number of halogens is 1. The van der Waals surface area contributed by atoms with Crippen molar-refractivity contribution < 1.29 is 19.5 Å². The molecule has 7 N–H and O–H groups in total. The van der Waals surface area contributed by atoms with Gasteiger partial charge in [-0.15, -0.1) is 11.6 Å². The molecule has 7 nitrogen and oxygen atoms in total. The van der Waals surface area contributed by atoms with Crippen LogP contribution >= 0.6 is 11.6 Å². The average molecular weight is 284 g/mol. The zero-order chi connectivity index (χ0) is 15.4. The van der Waals surface area contributed by atoms with Crippen LogP contribution in [0.3, 0.4) is 0 Å². The van der Waals surface area contributed by atoms with Gasteiger partial charge in [0, 0.05) is 18.7 Å². The van der Waals surface area contributed by atoms with Crippen LogP contribution in [0.4, 0.5) is 0 Å². The van der Waals surface area contributed by atoms with Gasteiger partial charge in [0.25, 0.3) is 0 Å². The topological polar surface area (TPSA) is 150 Å². The molecule has 2 amide bonds. The highest BCUT2D eigenvalue weighted by Gasteiger charge is 2.19. The molecule has 0 fully saturated rings. The Morgan fingerprint density at radius 1 is 1.17 bits per heavy atom. The molecular weight excluding hydrogens is 262 g/mol. The van der Waals surface area contributed by atoms with E-state index in [0.29, 0.717) is 12.3 Å². The van der Waals surface area contributed by atoms with Crippen molar-refractivity contribution in [2.75, 3.05) is 5.88 Å². The molecule has 0 unspecified atom stereocenters. The van der Waals surface area contributed by atoms with Crippen molar-refractivity contribution in [1.29, 1.82) is 0 Å². The number of rotatable bonds is 4. The maximum atomic E-state index is 9.90. The predicted octanol–water partition coefficient (Wildman–Crippen LogP) is -0.209. The number of hydrogen-bond acceptors (Lipinski definition) is 4. The molecule has 0 heterocycles. The highest BCUT2D eigenvalue weighted by atomic mass is 35.5. The van der Waals surface area contributed by atoms with Gasteiger partial charge in [0.05, 0.1) is 0 Å². The molecule has 0 aromatic heterocycles. The lowest BCUT2D eigenvalue weighted by molar-refractivity contribution is -0.142. The predicted molar refractivity (Wildman–Crippen MR) is 69.9 cm³/mol. The molecular formula is C10H22ClN3O4. The molecule has 0 saturated heterocycles. The number of carboxylic acids is 1. The third-order valence-electron chi connectivity index (χ3n) is 1.24. The monoisotopic (exact) mass is 283 g/mol. The molecule has 0 radical (unpaired) electrons. The van der Waals surface area contributed by atoms with Crippen LogP contribution in [0, 0.1) is 0 Å². The summed E-state index contributed by atoms with van der Waals surface area (Å²) < 4.78 is 0. The normalized spacial score (nSPS) is 9.17. The van der Waals surface area contributed by atoms with E-state index in [1.807, 2.05) is 0 Å². The van der Waals surface area contributed by atoms with Crippen molar-refractivity contribution in [2.24, 2.45) is 17.2 Å². The van der Waals surface area contributed by atoms with E-state index in [9.17, 15) is 14.4 Å². The molecule has 0 aromatic rings. The van der Waals surface area contributed by atoms with Crippen LogP contribution in [-0.4, -0.2) is 34.3 Å². The Morgan fingerprint density at radius 3 is 1.44 bits per heavy atom. The summed E-state index contributed by atoms with van der Waals surface area (Å²) in [7, 11) is 0. The van der Waals surface area contributed by atoms with Crippen LogP contribution in [0.1, 0.15) is 33.6 Å². The van der Waals surface area contributed by atoms with Crippen molar-refractivity contribution in [3.05, 3.63) is 0 Å². The van der Waals surface area contributed by atoms with Gasteiger partial charge in [-0.2, -0.15) is 0 Å². The molecule has 18 heavy (non-hydrogen) atoms. The molecule has 0 aliphatic carbocycles. The zero-order valence-corrected chi connectivity index (χ0v) is 11.7. The van der Waals surface area contributed by atoms with Gasteiger partial charge >= 0.3 is 5.97 Å². The molecule has 0 aliphatic rings. The lowest BCUT2D eigenvalue weighted by Crippen LogP contribution is -2.41. The minimum atomic E-state index is -1.08. The van der Waals surface area contributed by atoms with E-state index in [1.54, 1.807) is 6.92 Å². The third-order valence-corrected chi connectivity index (χ3v) is 1.43. The maximum Gasteiger partial charge on any atom is 0.323 e. The summed E-state index contributed by atoms with van der Waals surface area (Å²) >= 11 is 5.10. The largest absolute Gasteiger partial charge is 0.480 e. The molecule has 0 aliphatic heterocycles. The summed E-state index contributed by atoms with van der Waals surface area (Å²) in [5.74, 6) is -1.24. The second kappa shape index (κ2) is 12.1. The number of nitrogens with two attached hydrogens (primary N) is 3. The van der Waals surface area contributed by atoms with E-state index in [2.05, 4.69) is 11.5 Å². The summed E-state index contributed by atoms with van der Waals surface area (Å²) in [4.78, 5) is 29.2. The van der Waals surface area contributed by atoms with Crippen LogP contribution < -0.4 is 17.2 Å². The Labute approximate surface area is 112 Å². The smallest absolute Gasteiger partial charge is 0.323 e. The fraction of sp³-hybridized carbons (Fsp3) is 0.700. The summed E-state index contributed by atoms with van der Waals surface area (Å²) in [6.45, 7) is 4.60. The Morgan fingerprint density at radius 2 is 1.44 bits per heavy atom. The van der Waals surface area contributed by atoms with Crippen LogP contribution in [0.15, 0.2) is 0 Å². The highest BCUT2D eigenvalue weighted by Crippen LogP contribution is 1.93. The van der Waals surface area contributed by atoms with Gasteiger partial charge in [0.2, 0.25) is 11.8 Å². The standard InChI is InChI=1S/C4H9NO2.C3H6ClNO.C3H7NO/c1-4(2,5)3(6)7;4-2-1-3(5)6;1-2-3(4)5/h5H2,1-2H3,(H,6,7);1-2H2,(H2,5,6);2H2,1H3,(H2,4,5). The van der Waals surface area contributed by atoms with E-state index in [-0.39, 0.29) is 18.2 Å². The quantitative estimate of drug-likeness (QED) is 0.527. The third kappa shape index (κ3) is 29.3. The Bertz CT molecular complexity index is 264. The van der Waals surface area contributed by atoms with Crippen LogP contribution in [0.2, 0.25) is 0 Å². The van der Waals surface area contributed by atoms with Crippen LogP contribution in [0.5, 0.6) is 0 Å². The molecule has 0 saturated carbocycles. The SMILES string of the molecule is CC(C)(N)C(=O)O.CCC(N)=O.NC(=O)CCCl. The first-order valence-corrected chi connectivity index (χ1v) is 5.67. The van der Waals surface area contributed by atoms with Crippen molar-refractivity contribution >= 4 is 29.4 Å². The fourth-order valence-electron chi connectivity index (χ4n) is 0.0931. The van der Waals surface area contributed by atoms with E-state index < -0.39 is 11.5 Å². The number of primary amides is 2. The van der Waals surface area contributed by atoms with Crippen LogP contribution in [-0.2, 0) is 14.4 Å². The molecule has 8 heteroatoms. The Hall–Kier alpha value is -1.34. The zero-order valence-electron chi connectivity index (χ0n) is 10.9. The van der Waals surface area contributed by atoms with Gasteiger partial charge in [0.1, 0.15) is 5.54 Å². The second-order valence-electron chi connectivity index (χ2n) is 3.75. The average Bonchev–Trinajstić information content (AvgIpc) is 2.17. The number of aliphatic carboxylic acids is 1. The lowest BCUT2D eigenvalue weighted by Gasteiger charge is -2.09. The Balaban J connectivity index is -0.000000190. The summed E-state index contributed by atoms with van der Waals surface area (Å²) in [5, 5.41) is 8.12. The number of hydrogen-bond donors (Lipinski definition) is 4. The number of carbonyl (C=O) groups excluding carboxylic acids is 2. The summed E-state index contributed by atoms with van der Waals surface area (Å²) in [6, 6.07) is 0. The number of amides is 2. The van der Waals surface area contributed by atoms with Crippen molar-refractivity contribution in [1.82, 2.24) is 0 Å². The Kier molecular flexibility index (Phi) is 14.8. The first-order valence-electron chi connectivity index (χ1n) is 5.13. The van der Waals surface area contributed by atoms with E-state index in [1.165, 1.54) is 13.8 Å². The maximum absolute atomic E-state index is 9.90. The second-order valence-corrected chi connectivity index (χ2v) is 4.13. The van der Waals surface area contributed by atoms with Crippen molar-refractivity contribution in [3.63, 3.8) is 0 Å². The van der Waals surface area contributed by atoms with Gasteiger partial charge in [0.15, 0.2) is 0 Å². The first kappa shape index (κ1) is 21.9. The minimum Gasteiger partial charge on any atom is -0.480 e. The molecule has 0 atom stereocenters. The lowest BCUT2D eigenvalue weighted by atomic mass is 10.1. The van der Waals surface area contributed by atoms with Crippen LogP contribution in [0.25, 0.3) is 0 Å². The molecule has 0 bridgehead atoms.